The van der Waals surface area contributed by atoms with Crippen molar-refractivity contribution in [2.24, 2.45) is 4.99 Å². The van der Waals surface area contributed by atoms with E-state index in [-0.39, 0.29) is 0 Å². The van der Waals surface area contributed by atoms with Gasteiger partial charge in [-0.25, -0.2) is 9.98 Å². The van der Waals surface area contributed by atoms with Crippen molar-refractivity contribution in [2.75, 3.05) is 19.6 Å². The summed E-state index contributed by atoms with van der Waals surface area (Å²) in [6, 6.07) is 14.9. The first kappa shape index (κ1) is 16.1. The highest BCUT2D eigenvalue weighted by atomic mass is 15.3. The minimum atomic E-state index is 0.665. The van der Waals surface area contributed by atoms with Gasteiger partial charge in [-0.05, 0) is 42.5 Å². The Morgan fingerprint density at radius 3 is 2.74 bits per heavy atom. The molecule has 5 rings (SSSR count). The van der Waals surface area contributed by atoms with E-state index in [0.717, 1.165) is 47.9 Å². The van der Waals surface area contributed by atoms with Crippen LogP contribution in [0.2, 0.25) is 0 Å². The number of fused-ring (bicyclic) bond motifs is 1. The van der Waals surface area contributed by atoms with Crippen LogP contribution in [0.3, 0.4) is 0 Å². The Bertz CT molecular complexity index is 994. The molecule has 1 aromatic carbocycles. The van der Waals surface area contributed by atoms with E-state index in [4.69, 9.17) is 4.99 Å². The molecule has 0 amide bonds. The first-order valence-electron chi connectivity index (χ1n) is 9.62. The van der Waals surface area contributed by atoms with Crippen LogP contribution in [0, 0.1) is 0 Å². The molecule has 2 aromatic heterocycles. The molecule has 0 spiro atoms. The fourth-order valence-electron chi connectivity index (χ4n) is 4.08. The predicted octanol–water partition coefficient (Wildman–Crippen LogP) is 3.74. The van der Waals surface area contributed by atoms with Crippen LogP contribution in [0.25, 0.3) is 17.1 Å². The van der Waals surface area contributed by atoms with Crippen molar-refractivity contribution >= 4 is 23.1 Å². The van der Waals surface area contributed by atoms with Crippen molar-refractivity contribution in [3.63, 3.8) is 0 Å². The molecule has 27 heavy (non-hydrogen) atoms. The van der Waals surface area contributed by atoms with Gasteiger partial charge in [-0.3, -0.25) is 0 Å². The molecule has 5 heteroatoms. The van der Waals surface area contributed by atoms with Gasteiger partial charge in [-0.15, -0.1) is 0 Å². The molecule has 3 aromatic rings. The lowest BCUT2D eigenvalue weighted by Gasteiger charge is -2.33. The van der Waals surface area contributed by atoms with E-state index in [2.05, 4.69) is 62.7 Å². The fourth-order valence-corrected chi connectivity index (χ4v) is 4.08. The van der Waals surface area contributed by atoms with Crippen LogP contribution < -0.4 is 5.32 Å². The molecular weight excluding hydrogens is 334 g/mol. The minimum Gasteiger partial charge on any atom is -0.350 e. The standard InChI is InChI=1S/C22H23N5/c1-2-5-16(6-3-1)17-8-11-27(12-9-17)22-25-15-19(26-22)13-18-14-24-21-20(18)7-4-10-23-21/h1-7,10,13-14,17H,8-9,11-12,15H2,(H,23,24)(H,25,26). The Labute approximate surface area is 158 Å². The van der Waals surface area contributed by atoms with Crippen molar-refractivity contribution in [1.29, 1.82) is 0 Å². The summed E-state index contributed by atoms with van der Waals surface area (Å²) < 4.78 is 0. The van der Waals surface area contributed by atoms with Gasteiger partial charge in [0.2, 0.25) is 0 Å². The highest BCUT2D eigenvalue weighted by Crippen LogP contribution is 2.28. The van der Waals surface area contributed by atoms with Crippen LogP contribution in [0.15, 0.2) is 65.5 Å². The van der Waals surface area contributed by atoms with E-state index < -0.39 is 0 Å². The number of H-pyrrole nitrogens is 1. The minimum absolute atomic E-state index is 0.665. The van der Waals surface area contributed by atoms with Gasteiger partial charge < -0.3 is 15.2 Å². The molecular formula is C22H23N5. The van der Waals surface area contributed by atoms with Crippen LogP contribution in [0.5, 0.6) is 0 Å². The van der Waals surface area contributed by atoms with Crippen LogP contribution in [0.1, 0.15) is 29.9 Å². The number of nitrogens with zero attached hydrogens (tertiary/aromatic N) is 3. The summed E-state index contributed by atoms with van der Waals surface area (Å²) in [7, 11) is 0. The average Bonchev–Trinajstić information content (AvgIpc) is 3.37. The topological polar surface area (TPSA) is 56.3 Å². The molecule has 1 saturated heterocycles. The first-order valence-corrected chi connectivity index (χ1v) is 9.62. The maximum atomic E-state index is 4.85. The summed E-state index contributed by atoms with van der Waals surface area (Å²) in [5.74, 6) is 1.68. The van der Waals surface area contributed by atoms with Crippen LogP contribution in [-0.2, 0) is 0 Å². The summed E-state index contributed by atoms with van der Waals surface area (Å²) in [4.78, 5) is 14.8. The summed E-state index contributed by atoms with van der Waals surface area (Å²) in [6.45, 7) is 2.88. The zero-order valence-electron chi connectivity index (χ0n) is 15.2. The second-order valence-corrected chi connectivity index (χ2v) is 7.24. The lowest BCUT2D eigenvalue weighted by Crippen LogP contribution is -2.43. The Balaban J connectivity index is 1.29. The molecule has 0 bridgehead atoms. The quantitative estimate of drug-likeness (QED) is 0.734. The van der Waals surface area contributed by atoms with Gasteiger partial charge in [0.05, 0.1) is 12.2 Å². The van der Waals surface area contributed by atoms with Crippen molar-refractivity contribution in [3.05, 3.63) is 71.7 Å². The third kappa shape index (κ3) is 3.21. The highest BCUT2D eigenvalue weighted by Gasteiger charge is 2.24. The number of likely N-dealkylation sites (tertiary alicyclic amines) is 1. The normalized spacial score (nSPS) is 19.5. The van der Waals surface area contributed by atoms with Crippen LogP contribution >= 0.6 is 0 Å². The number of pyridine rings is 1. The predicted molar refractivity (Wildman–Crippen MR) is 109 cm³/mol. The summed E-state index contributed by atoms with van der Waals surface area (Å²) in [5, 5.41) is 4.61. The van der Waals surface area contributed by atoms with E-state index in [1.807, 2.05) is 18.5 Å². The van der Waals surface area contributed by atoms with Crippen molar-refractivity contribution in [2.45, 2.75) is 18.8 Å². The Kier molecular flexibility index (Phi) is 4.13. The van der Waals surface area contributed by atoms with Crippen LogP contribution in [0.4, 0.5) is 0 Å². The van der Waals surface area contributed by atoms with Gasteiger partial charge in [0.15, 0.2) is 5.96 Å². The molecule has 0 saturated carbocycles. The Morgan fingerprint density at radius 1 is 1.04 bits per heavy atom. The number of guanidine groups is 1. The molecule has 2 N–H and O–H groups in total. The van der Waals surface area contributed by atoms with E-state index in [1.165, 1.54) is 18.4 Å². The Morgan fingerprint density at radius 2 is 1.89 bits per heavy atom. The van der Waals surface area contributed by atoms with Gasteiger partial charge in [-0.1, -0.05) is 30.3 Å². The smallest absolute Gasteiger partial charge is 0.199 e. The van der Waals surface area contributed by atoms with Crippen molar-refractivity contribution < 1.29 is 0 Å². The second-order valence-electron chi connectivity index (χ2n) is 7.24. The fraction of sp³-hybridized carbons (Fsp3) is 0.273. The molecule has 0 aliphatic carbocycles. The number of nitrogens with one attached hydrogen (secondary N) is 2. The van der Waals surface area contributed by atoms with Gasteiger partial charge in [0.1, 0.15) is 5.65 Å². The number of aromatic amines is 1. The zero-order valence-corrected chi connectivity index (χ0v) is 15.2. The first-order chi connectivity index (χ1) is 13.4. The number of benzene rings is 1. The lowest BCUT2D eigenvalue weighted by atomic mass is 9.90. The molecule has 0 radical (unpaired) electrons. The maximum absolute atomic E-state index is 4.85. The molecule has 2 aliphatic heterocycles. The number of aliphatic imine (C=N–C) groups is 1. The van der Waals surface area contributed by atoms with E-state index in [0.29, 0.717) is 5.92 Å². The van der Waals surface area contributed by atoms with Crippen molar-refractivity contribution in [1.82, 2.24) is 20.2 Å². The van der Waals surface area contributed by atoms with Gasteiger partial charge in [0, 0.05) is 36.4 Å². The molecule has 5 nitrogen and oxygen atoms in total. The van der Waals surface area contributed by atoms with E-state index >= 15 is 0 Å². The van der Waals surface area contributed by atoms with Crippen LogP contribution in [-0.4, -0.2) is 40.5 Å². The molecule has 4 heterocycles. The number of piperidine rings is 1. The largest absolute Gasteiger partial charge is 0.350 e. The molecule has 2 aliphatic rings. The Hall–Kier alpha value is -3.08. The SMILES string of the molecule is C(=C1CNC(N2CCC(c3ccccc3)CC2)=N1)c1c[nH]c2ncccc12. The number of aromatic nitrogens is 2. The van der Waals surface area contributed by atoms with Gasteiger partial charge >= 0.3 is 0 Å². The summed E-state index contributed by atoms with van der Waals surface area (Å²) >= 11 is 0. The maximum Gasteiger partial charge on any atom is 0.199 e. The molecule has 0 unspecified atom stereocenters. The number of rotatable bonds is 2. The van der Waals surface area contributed by atoms with E-state index in [9.17, 15) is 0 Å². The van der Waals surface area contributed by atoms with Crippen molar-refractivity contribution in [3.8, 4) is 0 Å². The van der Waals surface area contributed by atoms with E-state index in [1.54, 1.807) is 0 Å². The average molecular weight is 357 g/mol. The third-order valence-corrected chi connectivity index (χ3v) is 5.55. The number of hydrogen-bond donors (Lipinski definition) is 2. The molecule has 0 atom stereocenters. The second kappa shape index (κ2) is 6.91. The monoisotopic (exact) mass is 357 g/mol. The lowest BCUT2D eigenvalue weighted by molar-refractivity contribution is 0.307. The number of hydrogen-bond acceptors (Lipinski definition) is 4. The molecule has 1 fully saturated rings. The van der Waals surface area contributed by atoms with Gasteiger partial charge in [-0.2, -0.15) is 0 Å². The summed E-state index contributed by atoms with van der Waals surface area (Å²) in [5.41, 5.74) is 4.59. The summed E-state index contributed by atoms with van der Waals surface area (Å²) in [6.07, 6.45) is 8.32. The highest BCUT2D eigenvalue weighted by molar-refractivity contribution is 5.89. The molecule has 136 valence electrons. The zero-order chi connectivity index (χ0) is 18.1. The van der Waals surface area contributed by atoms with Gasteiger partial charge in [0.25, 0.3) is 0 Å². The third-order valence-electron chi connectivity index (χ3n) is 5.55.